The number of benzene rings is 2. The van der Waals surface area contributed by atoms with E-state index in [4.69, 9.17) is 4.42 Å². The van der Waals surface area contributed by atoms with E-state index in [0.717, 1.165) is 30.5 Å². The van der Waals surface area contributed by atoms with Crippen molar-refractivity contribution < 1.29 is 27.2 Å². The van der Waals surface area contributed by atoms with Gasteiger partial charge in [-0.15, -0.1) is 0 Å². The molecule has 0 fully saturated rings. The molecule has 9 heteroatoms. The summed E-state index contributed by atoms with van der Waals surface area (Å²) in [5.41, 5.74) is -0.427. The summed E-state index contributed by atoms with van der Waals surface area (Å²) in [6.45, 7) is 0. The zero-order chi connectivity index (χ0) is 19.4. The molecule has 0 atom stereocenters. The van der Waals surface area contributed by atoms with Crippen LogP contribution in [0.1, 0.15) is 26.4 Å². The molecule has 0 aliphatic carbocycles. The van der Waals surface area contributed by atoms with E-state index in [1.807, 2.05) is 0 Å². The van der Waals surface area contributed by atoms with Crippen LogP contribution in [0.3, 0.4) is 0 Å². The van der Waals surface area contributed by atoms with Crippen LogP contribution in [-0.4, -0.2) is 16.8 Å². The molecule has 1 aromatic heterocycles. The molecule has 0 saturated heterocycles. The quantitative estimate of drug-likeness (QED) is 0.716. The van der Waals surface area contributed by atoms with Crippen molar-refractivity contribution in [2.45, 2.75) is 6.18 Å². The van der Waals surface area contributed by atoms with E-state index in [-0.39, 0.29) is 17.4 Å². The topological polar surface area (TPSA) is 84.2 Å². The van der Waals surface area contributed by atoms with Crippen LogP contribution in [0.25, 0.3) is 0 Å². The molecule has 1 heterocycles. The Hall–Kier alpha value is -3.62. The van der Waals surface area contributed by atoms with Crippen LogP contribution in [0, 0.1) is 0 Å². The first-order chi connectivity index (χ1) is 12.8. The minimum atomic E-state index is -4.46. The van der Waals surface area contributed by atoms with Crippen LogP contribution in [0.5, 0.6) is 0 Å². The van der Waals surface area contributed by atoms with Crippen molar-refractivity contribution in [2.75, 3.05) is 10.6 Å². The van der Waals surface area contributed by atoms with Gasteiger partial charge in [0.25, 0.3) is 11.8 Å². The number of hydrogen-bond acceptors (Lipinski definition) is 4. The van der Waals surface area contributed by atoms with E-state index in [1.54, 1.807) is 30.3 Å². The van der Waals surface area contributed by atoms with Crippen LogP contribution in [0.15, 0.2) is 65.3 Å². The van der Waals surface area contributed by atoms with Crippen molar-refractivity contribution in [3.63, 3.8) is 0 Å². The molecule has 2 amide bonds. The number of nitrogens with one attached hydrogen (secondary N) is 2. The van der Waals surface area contributed by atoms with Gasteiger partial charge in [-0.1, -0.05) is 18.2 Å². The molecule has 2 aromatic carbocycles. The number of aromatic nitrogens is 1. The van der Waals surface area contributed by atoms with Gasteiger partial charge in [0.15, 0.2) is 5.69 Å². The van der Waals surface area contributed by atoms with E-state index in [2.05, 4.69) is 15.6 Å². The Morgan fingerprint density at radius 3 is 2.19 bits per heavy atom. The van der Waals surface area contributed by atoms with Gasteiger partial charge in [-0.25, -0.2) is 0 Å². The number of hydrogen-bond donors (Lipinski definition) is 2. The van der Waals surface area contributed by atoms with Gasteiger partial charge in [-0.2, -0.15) is 18.2 Å². The number of halogens is 3. The molecule has 138 valence electrons. The largest absolute Gasteiger partial charge is 0.431 e. The van der Waals surface area contributed by atoms with Crippen LogP contribution in [-0.2, 0) is 6.18 Å². The van der Waals surface area contributed by atoms with Crippen LogP contribution < -0.4 is 10.6 Å². The van der Waals surface area contributed by atoms with Crippen LogP contribution in [0.4, 0.5) is 24.9 Å². The predicted octanol–water partition coefficient (Wildman–Crippen LogP) is 4.20. The first kappa shape index (κ1) is 18.2. The van der Waals surface area contributed by atoms with E-state index in [1.165, 1.54) is 0 Å². The summed E-state index contributed by atoms with van der Waals surface area (Å²) in [5.74, 6) is -1.16. The van der Waals surface area contributed by atoms with Crippen LogP contribution >= 0.6 is 0 Å². The van der Waals surface area contributed by atoms with Gasteiger partial charge in [0.1, 0.15) is 6.26 Å². The highest BCUT2D eigenvalue weighted by Crippen LogP contribution is 2.29. The van der Waals surface area contributed by atoms with Crippen LogP contribution in [0.2, 0.25) is 0 Å². The average Bonchev–Trinajstić information content (AvgIpc) is 3.11. The van der Waals surface area contributed by atoms with Gasteiger partial charge >= 0.3 is 12.2 Å². The number of carbonyl (C=O) groups is 2. The second-order valence-corrected chi connectivity index (χ2v) is 5.39. The van der Waals surface area contributed by atoms with E-state index in [0.29, 0.717) is 5.56 Å². The number of rotatable bonds is 4. The number of carbonyl (C=O) groups excluding carboxylic acids is 2. The lowest BCUT2D eigenvalue weighted by atomic mass is 10.2. The lowest BCUT2D eigenvalue weighted by Crippen LogP contribution is -2.14. The number of alkyl halides is 3. The summed E-state index contributed by atoms with van der Waals surface area (Å²) in [4.78, 5) is 27.9. The molecule has 3 aromatic rings. The van der Waals surface area contributed by atoms with Crippen molar-refractivity contribution in [1.82, 2.24) is 4.98 Å². The van der Waals surface area contributed by atoms with Crippen molar-refractivity contribution in [3.8, 4) is 0 Å². The molecule has 6 nitrogen and oxygen atoms in total. The third kappa shape index (κ3) is 4.51. The van der Waals surface area contributed by atoms with Crippen molar-refractivity contribution in [3.05, 3.63) is 77.7 Å². The number of oxazole rings is 1. The SMILES string of the molecule is O=C(Nc1nc(C(=O)Nc2ccc(C(F)(F)F)cc2)co1)c1ccccc1. The molecule has 2 N–H and O–H groups in total. The Morgan fingerprint density at radius 1 is 0.889 bits per heavy atom. The Morgan fingerprint density at radius 2 is 1.56 bits per heavy atom. The monoisotopic (exact) mass is 375 g/mol. The van der Waals surface area contributed by atoms with Gasteiger partial charge in [-0.3, -0.25) is 14.9 Å². The number of amides is 2. The Labute approximate surface area is 151 Å². The Kier molecular flexibility index (Phi) is 4.93. The third-order valence-corrected chi connectivity index (χ3v) is 3.46. The molecule has 0 spiro atoms. The molecule has 3 rings (SSSR count). The average molecular weight is 375 g/mol. The van der Waals surface area contributed by atoms with E-state index < -0.39 is 23.6 Å². The second-order valence-electron chi connectivity index (χ2n) is 5.39. The van der Waals surface area contributed by atoms with E-state index >= 15 is 0 Å². The highest BCUT2D eigenvalue weighted by molar-refractivity contribution is 6.05. The first-order valence-corrected chi connectivity index (χ1v) is 7.63. The minimum absolute atomic E-state index is 0.141. The zero-order valence-corrected chi connectivity index (χ0v) is 13.6. The molecular formula is C18H12F3N3O3. The number of anilines is 2. The fourth-order valence-corrected chi connectivity index (χ4v) is 2.13. The minimum Gasteiger partial charge on any atom is -0.431 e. The second kappa shape index (κ2) is 7.32. The maximum Gasteiger partial charge on any atom is 0.416 e. The van der Waals surface area contributed by atoms with Gasteiger partial charge in [-0.05, 0) is 36.4 Å². The molecule has 0 aliphatic heterocycles. The highest BCUT2D eigenvalue weighted by atomic mass is 19.4. The maximum absolute atomic E-state index is 12.5. The van der Waals surface area contributed by atoms with Crippen molar-refractivity contribution in [2.24, 2.45) is 0 Å². The third-order valence-electron chi connectivity index (χ3n) is 3.46. The molecule has 0 aliphatic rings. The summed E-state index contributed by atoms with van der Waals surface area (Å²) in [7, 11) is 0. The fourth-order valence-electron chi connectivity index (χ4n) is 2.13. The summed E-state index contributed by atoms with van der Waals surface area (Å²) < 4.78 is 42.6. The highest BCUT2D eigenvalue weighted by Gasteiger charge is 2.30. The number of nitrogens with zero attached hydrogens (tertiary/aromatic N) is 1. The first-order valence-electron chi connectivity index (χ1n) is 7.63. The summed E-state index contributed by atoms with van der Waals surface area (Å²) in [6.07, 6.45) is -3.43. The lowest BCUT2D eigenvalue weighted by molar-refractivity contribution is -0.137. The normalized spacial score (nSPS) is 11.1. The summed E-state index contributed by atoms with van der Waals surface area (Å²) in [5, 5.41) is 4.79. The molecule has 0 bridgehead atoms. The summed E-state index contributed by atoms with van der Waals surface area (Å²) in [6, 6.07) is 12.1. The zero-order valence-electron chi connectivity index (χ0n) is 13.6. The standard InChI is InChI=1S/C18H12F3N3O3/c19-18(20,21)12-6-8-13(9-7-12)22-16(26)14-10-27-17(23-14)24-15(25)11-4-2-1-3-5-11/h1-10H,(H,22,26)(H,23,24,25). The molecular weight excluding hydrogens is 363 g/mol. The Balaban J connectivity index is 1.64. The molecule has 0 radical (unpaired) electrons. The molecule has 27 heavy (non-hydrogen) atoms. The maximum atomic E-state index is 12.5. The van der Waals surface area contributed by atoms with Crippen molar-refractivity contribution in [1.29, 1.82) is 0 Å². The Bertz CT molecular complexity index is 951. The smallest absolute Gasteiger partial charge is 0.416 e. The fraction of sp³-hybridized carbons (Fsp3) is 0.0556. The molecule has 0 unspecified atom stereocenters. The summed E-state index contributed by atoms with van der Waals surface area (Å²) >= 11 is 0. The van der Waals surface area contributed by atoms with E-state index in [9.17, 15) is 22.8 Å². The van der Waals surface area contributed by atoms with Gasteiger partial charge in [0, 0.05) is 11.3 Å². The predicted molar refractivity (Wildman–Crippen MR) is 90.3 cm³/mol. The van der Waals surface area contributed by atoms with Gasteiger partial charge in [0.2, 0.25) is 0 Å². The lowest BCUT2D eigenvalue weighted by Gasteiger charge is -2.07. The molecule has 0 saturated carbocycles. The van der Waals surface area contributed by atoms with Gasteiger partial charge < -0.3 is 9.73 Å². The van der Waals surface area contributed by atoms with Crippen molar-refractivity contribution >= 4 is 23.5 Å². The van der Waals surface area contributed by atoms with Gasteiger partial charge in [0.05, 0.1) is 5.56 Å².